The highest BCUT2D eigenvalue weighted by atomic mass is 35.5. The lowest BCUT2D eigenvalue weighted by Crippen LogP contribution is -2.33. The molecule has 0 saturated carbocycles. The minimum absolute atomic E-state index is 0.146. The van der Waals surface area contributed by atoms with Gasteiger partial charge in [0, 0.05) is 28.5 Å². The monoisotopic (exact) mass is 456 g/mol. The summed E-state index contributed by atoms with van der Waals surface area (Å²) in [7, 11) is 0. The topological polar surface area (TPSA) is 77.8 Å². The van der Waals surface area contributed by atoms with Crippen molar-refractivity contribution in [2.75, 3.05) is 11.5 Å². The largest absolute Gasteiger partial charge is 0.462 e. The third kappa shape index (κ3) is 5.04. The van der Waals surface area contributed by atoms with E-state index in [1.54, 1.807) is 0 Å². The van der Waals surface area contributed by atoms with E-state index in [9.17, 15) is 26.3 Å². The highest BCUT2D eigenvalue weighted by Crippen LogP contribution is 2.48. The van der Waals surface area contributed by atoms with Crippen molar-refractivity contribution in [3.63, 3.8) is 0 Å². The Morgan fingerprint density at radius 2 is 1.79 bits per heavy atom. The Morgan fingerprint density at radius 3 is 2.41 bits per heavy atom. The number of furan rings is 1. The number of halogens is 7. The first-order valence-corrected chi connectivity index (χ1v) is 9.24. The van der Waals surface area contributed by atoms with Crippen LogP contribution in [0.25, 0.3) is 11.0 Å². The smallest absolute Gasteiger partial charge is 0.404 e. The molecule has 29 heavy (non-hydrogen) atoms. The second kappa shape index (κ2) is 7.90. The lowest BCUT2D eigenvalue weighted by atomic mass is 9.97. The number of aromatic nitrogens is 3. The molecule has 3 aromatic heterocycles. The quantitative estimate of drug-likeness (QED) is 0.240. The first-order valence-electron chi connectivity index (χ1n) is 7.87. The number of aryl methyl sites for hydroxylation is 1. The SMILES string of the molecule is Nc1cc(Cl)nc(SCCc2cc3c(C(C(F)(F)F)C(F)(F)F)coc3cn2)n1. The molecule has 0 bridgehead atoms. The first-order chi connectivity index (χ1) is 13.4. The fourth-order valence-corrected chi connectivity index (χ4v) is 3.69. The molecule has 0 saturated heterocycles. The molecular formula is C16H11ClF6N4OS. The van der Waals surface area contributed by atoms with Gasteiger partial charge >= 0.3 is 12.4 Å². The average Bonchev–Trinajstić information content (AvgIpc) is 2.94. The summed E-state index contributed by atoms with van der Waals surface area (Å²) >= 11 is 6.93. The predicted octanol–water partition coefficient (Wildman–Crippen LogP) is 5.40. The van der Waals surface area contributed by atoms with Crippen molar-refractivity contribution in [3.05, 3.63) is 41.0 Å². The first kappa shape index (κ1) is 21.5. The summed E-state index contributed by atoms with van der Waals surface area (Å²) in [6.07, 6.45) is -9.24. The van der Waals surface area contributed by atoms with Crippen molar-refractivity contribution in [2.45, 2.75) is 29.8 Å². The van der Waals surface area contributed by atoms with Gasteiger partial charge in [-0.3, -0.25) is 4.98 Å². The van der Waals surface area contributed by atoms with E-state index < -0.39 is 23.8 Å². The average molecular weight is 457 g/mol. The number of fused-ring (bicyclic) bond motifs is 1. The Bertz CT molecular complexity index is 989. The number of hydrogen-bond acceptors (Lipinski definition) is 6. The summed E-state index contributed by atoms with van der Waals surface area (Å²) in [5, 5.41) is 0.144. The van der Waals surface area contributed by atoms with E-state index in [2.05, 4.69) is 15.0 Å². The molecule has 156 valence electrons. The van der Waals surface area contributed by atoms with Crippen molar-refractivity contribution in [1.82, 2.24) is 15.0 Å². The Balaban J connectivity index is 1.83. The summed E-state index contributed by atoms with van der Waals surface area (Å²) in [5.41, 5.74) is 4.67. The Labute approximate surface area is 168 Å². The molecule has 0 fully saturated rings. The highest BCUT2D eigenvalue weighted by molar-refractivity contribution is 7.99. The molecule has 3 heterocycles. The van der Waals surface area contributed by atoms with E-state index in [-0.39, 0.29) is 39.2 Å². The van der Waals surface area contributed by atoms with E-state index in [4.69, 9.17) is 21.8 Å². The number of rotatable bonds is 5. The number of nitrogen functional groups attached to an aromatic ring is 1. The van der Waals surface area contributed by atoms with Crippen LogP contribution in [0.2, 0.25) is 5.15 Å². The number of nitrogens with zero attached hydrogens (tertiary/aromatic N) is 3. The Hall–Kier alpha value is -2.21. The minimum atomic E-state index is -5.52. The zero-order chi connectivity index (χ0) is 21.4. The van der Waals surface area contributed by atoms with Crippen molar-refractivity contribution in [2.24, 2.45) is 0 Å². The Morgan fingerprint density at radius 1 is 1.10 bits per heavy atom. The number of alkyl halides is 6. The molecule has 0 aliphatic heterocycles. The fraction of sp³-hybridized carbons (Fsp3) is 0.312. The van der Waals surface area contributed by atoms with Gasteiger partial charge < -0.3 is 10.2 Å². The van der Waals surface area contributed by atoms with E-state index in [0.29, 0.717) is 12.0 Å². The highest BCUT2D eigenvalue weighted by Gasteiger charge is 2.58. The van der Waals surface area contributed by atoms with Crippen LogP contribution in [-0.2, 0) is 6.42 Å². The third-order valence-electron chi connectivity index (χ3n) is 3.80. The van der Waals surface area contributed by atoms with Crippen LogP contribution in [0, 0.1) is 0 Å². The molecule has 0 aliphatic rings. The van der Waals surface area contributed by atoms with Gasteiger partial charge in [0.1, 0.15) is 11.0 Å². The molecule has 3 aromatic rings. The molecule has 3 rings (SSSR count). The maximum atomic E-state index is 13.0. The molecule has 0 radical (unpaired) electrons. The van der Waals surface area contributed by atoms with Crippen LogP contribution >= 0.6 is 23.4 Å². The van der Waals surface area contributed by atoms with E-state index >= 15 is 0 Å². The normalized spacial score (nSPS) is 12.8. The van der Waals surface area contributed by atoms with Crippen LogP contribution in [0.3, 0.4) is 0 Å². The van der Waals surface area contributed by atoms with Crippen LogP contribution in [0.5, 0.6) is 0 Å². The molecule has 5 nitrogen and oxygen atoms in total. The van der Waals surface area contributed by atoms with Gasteiger partial charge in [0.2, 0.25) is 0 Å². The summed E-state index contributed by atoms with van der Waals surface area (Å²) < 4.78 is 83.1. The molecule has 0 aliphatic carbocycles. The zero-order valence-electron chi connectivity index (χ0n) is 14.2. The van der Waals surface area contributed by atoms with E-state index in [0.717, 1.165) is 24.0 Å². The van der Waals surface area contributed by atoms with Crippen molar-refractivity contribution < 1.29 is 30.8 Å². The van der Waals surface area contributed by atoms with Crippen LogP contribution < -0.4 is 5.73 Å². The predicted molar refractivity (Wildman–Crippen MR) is 94.7 cm³/mol. The van der Waals surface area contributed by atoms with Crippen LogP contribution in [-0.4, -0.2) is 33.1 Å². The summed E-state index contributed by atoms with van der Waals surface area (Å²) in [6.45, 7) is 0. The molecule has 0 amide bonds. The minimum Gasteiger partial charge on any atom is -0.462 e. The molecule has 2 N–H and O–H groups in total. The molecule has 0 unspecified atom stereocenters. The van der Waals surface area contributed by atoms with Gasteiger partial charge in [-0.05, 0) is 12.5 Å². The number of pyridine rings is 1. The van der Waals surface area contributed by atoms with Gasteiger partial charge in [-0.1, -0.05) is 23.4 Å². The number of thioether (sulfide) groups is 1. The van der Waals surface area contributed by atoms with Crippen LogP contribution in [0.1, 0.15) is 17.2 Å². The molecule has 0 aromatic carbocycles. The number of anilines is 1. The molecule has 0 spiro atoms. The maximum absolute atomic E-state index is 13.0. The lowest BCUT2D eigenvalue weighted by Gasteiger charge is -2.22. The van der Waals surface area contributed by atoms with E-state index in [1.165, 1.54) is 6.07 Å². The van der Waals surface area contributed by atoms with Crippen molar-refractivity contribution in [1.29, 1.82) is 0 Å². The third-order valence-corrected chi connectivity index (χ3v) is 4.84. The molecule has 13 heteroatoms. The fourth-order valence-electron chi connectivity index (χ4n) is 2.62. The van der Waals surface area contributed by atoms with E-state index in [1.807, 2.05) is 0 Å². The summed E-state index contributed by atoms with van der Waals surface area (Å²) in [4.78, 5) is 11.9. The van der Waals surface area contributed by atoms with Crippen LogP contribution in [0.15, 0.2) is 34.2 Å². The second-order valence-electron chi connectivity index (χ2n) is 5.88. The van der Waals surface area contributed by atoms with Gasteiger partial charge in [-0.25, -0.2) is 9.97 Å². The van der Waals surface area contributed by atoms with Crippen molar-refractivity contribution in [3.8, 4) is 0 Å². The van der Waals surface area contributed by atoms with Gasteiger partial charge in [0.15, 0.2) is 16.7 Å². The molecular weight excluding hydrogens is 446 g/mol. The number of hydrogen-bond donors (Lipinski definition) is 1. The van der Waals surface area contributed by atoms with Crippen LogP contribution in [0.4, 0.5) is 32.2 Å². The van der Waals surface area contributed by atoms with Gasteiger partial charge in [-0.15, -0.1) is 0 Å². The summed E-state index contributed by atoms with van der Waals surface area (Å²) in [6, 6.07) is 2.52. The molecule has 0 atom stereocenters. The maximum Gasteiger partial charge on any atom is 0.404 e. The second-order valence-corrected chi connectivity index (χ2v) is 7.32. The summed E-state index contributed by atoms with van der Waals surface area (Å²) in [5.74, 6) is -3.14. The lowest BCUT2D eigenvalue weighted by molar-refractivity contribution is -0.253. The zero-order valence-corrected chi connectivity index (χ0v) is 15.8. The van der Waals surface area contributed by atoms with Crippen molar-refractivity contribution >= 4 is 40.1 Å². The Kier molecular flexibility index (Phi) is 5.86. The standard InChI is InChI=1S/C16H11ClF6N4OS/c17-11-4-12(24)27-14(26-11)29-2-1-7-3-8-9(6-28-10(8)5-25-7)13(15(18,19)20)16(21,22)23/h3-6,13H,1-2H2,(H2,24,26,27). The van der Waals surface area contributed by atoms with Gasteiger partial charge in [0.05, 0.1) is 12.5 Å². The number of nitrogens with two attached hydrogens (primary N) is 1. The van der Waals surface area contributed by atoms with Gasteiger partial charge in [-0.2, -0.15) is 26.3 Å². The van der Waals surface area contributed by atoms with Gasteiger partial charge in [0.25, 0.3) is 0 Å².